The van der Waals surface area contributed by atoms with Gasteiger partial charge < -0.3 is 9.84 Å². The first kappa shape index (κ1) is 11.9. The predicted octanol–water partition coefficient (Wildman–Crippen LogP) is 2.81. The highest BCUT2D eigenvalue weighted by atomic mass is 35.5. The quantitative estimate of drug-likeness (QED) is 0.906. The fourth-order valence-electron chi connectivity index (χ4n) is 1.44. The topological polar surface area (TPSA) is 42.4 Å². The molecule has 0 aliphatic rings. The number of aromatic nitrogens is 1. The van der Waals surface area contributed by atoms with Crippen LogP contribution in [0.3, 0.4) is 0 Å². The molecule has 2 rings (SSSR count). The number of nitrogens with zero attached hydrogens (tertiary/aromatic N) is 1. The van der Waals surface area contributed by atoms with Gasteiger partial charge in [0.25, 0.3) is 0 Å². The Morgan fingerprint density at radius 1 is 1.18 bits per heavy atom. The largest absolute Gasteiger partial charge is 0.488 e. The van der Waals surface area contributed by atoms with Crippen LogP contribution in [0.15, 0.2) is 42.7 Å². The summed E-state index contributed by atoms with van der Waals surface area (Å²) in [5.74, 6) is 0.627. The number of ether oxygens (including phenoxy) is 1. The molecule has 0 amide bonds. The van der Waals surface area contributed by atoms with Crippen molar-refractivity contribution in [3.63, 3.8) is 0 Å². The number of aliphatic hydroxyl groups is 1. The van der Waals surface area contributed by atoms with Crippen molar-refractivity contribution in [2.75, 3.05) is 0 Å². The van der Waals surface area contributed by atoms with Crippen LogP contribution in [-0.4, -0.2) is 10.1 Å². The maximum atomic E-state index is 9.12. The number of benzene rings is 1. The van der Waals surface area contributed by atoms with E-state index < -0.39 is 0 Å². The van der Waals surface area contributed by atoms with Gasteiger partial charge in [0.1, 0.15) is 12.4 Å². The summed E-state index contributed by atoms with van der Waals surface area (Å²) < 4.78 is 5.61. The van der Waals surface area contributed by atoms with Crippen LogP contribution in [0.4, 0.5) is 0 Å². The Morgan fingerprint density at radius 3 is 2.76 bits per heavy atom. The number of rotatable bonds is 4. The van der Waals surface area contributed by atoms with Gasteiger partial charge in [-0.2, -0.15) is 0 Å². The van der Waals surface area contributed by atoms with Crippen molar-refractivity contribution in [3.05, 3.63) is 58.9 Å². The predicted molar refractivity (Wildman–Crippen MR) is 65.9 cm³/mol. The summed E-state index contributed by atoms with van der Waals surface area (Å²) in [5.41, 5.74) is 1.58. The maximum Gasteiger partial charge on any atom is 0.128 e. The first-order chi connectivity index (χ1) is 8.31. The van der Waals surface area contributed by atoms with Crippen LogP contribution in [0.1, 0.15) is 11.1 Å². The van der Waals surface area contributed by atoms with Gasteiger partial charge in [-0.15, -0.1) is 0 Å². The minimum atomic E-state index is -0.0916. The molecule has 2 aromatic rings. The van der Waals surface area contributed by atoms with Gasteiger partial charge in [-0.1, -0.05) is 29.8 Å². The third-order valence-electron chi connectivity index (χ3n) is 2.37. The Bertz CT molecular complexity index is 502. The van der Waals surface area contributed by atoms with E-state index >= 15 is 0 Å². The van der Waals surface area contributed by atoms with E-state index in [0.717, 1.165) is 5.56 Å². The van der Waals surface area contributed by atoms with E-state index in [4.69, 9.17) is 21.4 Å². The number of pyridine rings is 1. The average Bonchev–Trinajstić information content (AvgIpc) is 2.38. The van der Waals surface area contributed by atoms with Gasteiger partial charge in [-0.25, -0.2) is 0 Å². The van der Waals surface area contributed by atoms with Gasteiger partial charge in [0.05, 0.1) is 6.61 Å². The van der Waals surface area contributed by atoms with Gasteiger partial charge in [0, 0.05) is 28.5 Å². The summed E-state index contributed by atoms with van der Waals surface area (Å²) in [6.07, 6.45) is 3.21. The molecule has 3 nitrogen and oxygen atoms in total. The highest BCUT2D eigenvalue weighted by Gasteiger charge is 2.04. The van der Waals surface area contributed by atoms with E-state index in [1.165, 1.54) is 0 Å². The number of halogens is 1. The first-order valence-corrected chi connectivity index (χ1v) is 5.59. The van der Waals surface area contributed by atoms with Crippen LogP contribution in [0, 0.1) is 0 Å². The van der Waals surface area contributed by atoms with Gasteiger partial charge in [0.15, 0.2) is 0 Å². The zero-order valence-corrected chi connectivity index (χ0v) is 9.89. The summed E-state index contributed by atoms with van der Waals surface area (Å²) in [5, 5.41) is 9.80. The van der Waals surface area contributed by atoms with Crippen LogP contribution in [0.2, 0.25) is 5.02 Å². The minimum Gasteiger partial charge on any atom is -0.488 e. The Morgan fingerprint density at radius 2 is 2.00 bits per heavy atom. The molecule has 0 fully saturated rings. The molecular weight excluding hydrogens is 238 g/mol. The molecule has 1 aromatic carbocycles. The second-order valence-corrected chi connectivity index (χ2v) is 3.93. The normalized spacial score (nSPS) is 10.2. The van der Waals surface area contributed by atoms with Crippen LogP contribution < -0.4 is 4.74 Å². The Labute approximate surface area is 105 Å². The molecule has 0 aliphatic carbocycles. The smallest absolute Gasteiger partial charge is 0.128 e. The maximum absolute atomic E-state index is 9.12. The van der Waals surface area contributed by atoms with Crippen molar-refractivity contribution >= 4 is 11.6 Å². The van der Waals surface area contributed by atoms with Crippen molar-refractivity contribution < 1.29 is 9.84 Å². The van der Waals surface area contributed by atoms with Gasteiger partial charge in [-0.05, 0) is 12.1 Å². The fourth-order valence-corrected chi connectivity index (χ4v) is 1.64. The first-order valence-electron chi connectivity index (χ1n) is 5.21. The minimum absolute atomic E-state index is 0.0916. The SMILES string of the molecule is OCc1cnccc1OCc1ccccc1Cl. The lowest BCUT2D eigenvalue weighted by molar-refractivity contribution is 0.258. The standard InChI is InChI=1S/C13H12ClNO2/c14-12-4-2-1-3-10(12)9-17-13-5-6-15-7-11(13)8-16/h1-7,16H,8-9H2. The Balaban J connectivity index is 2.10. The molecule has 0 bridgehead atoms. The molecule has 0 saturated heterocycles. The van der Waals surface area contributed by atoms with E-state index in [2.05, 4.69) is 4.98 Å². The molecule has 0 spiro atoms. The summed E-state index contributed by atoms with van der Waals surface area (Å²) in [7, 11) is 0. The molecule has 1 aromatic heterocycles. The van der Waals surface area contributed by atoms with E-state index in [1.54, 1.807) is 18.5 Å². The zero-order chi connectivity index (χ0) is 12.1. The third kappa shape index (κ3) is 2.96. The molecule has 1 N–H and O–H groups in total. The van der Waals surface area contributed by atoms with E-state index in [1.807, 2.05) is 24.3 Å². The van der Waals surface area contributed by atoms with Crippen molar-refractivity contribution in [3.8, 4) is 5.75 Å². The van der Waals surface area contributed by atoms with Crippen LogP contribution in [0.25, 0.3) is 0 Å². The molecule has 1 heterocycles. The van der Waals surface area contributed by atoms with Gasteiger partial charge in [0.2, 0.25) is 0 Å². The van der Waals surface area contributed by atoms with Gasteiger partial charge >= 0.3 is 0 Å². The lowest BCUT2D eigenvalue weighted by Crippen LogP contribution is -1.99. The zero-order valence-electron chi connectivity index (χ0n) is 9.14. The van der Waals surface area contributed by atoms with Gasteiger partial charge in [-0.3, -0.25) is 4.98 Å². The number of hydrogen-bond acceptors (Lipinski definition) is 3. The monoisotopic (exact) mass is 249 g/mol. The average molecular weight is 250 g/mol. The molecule has 0 radical (unpaired) electrons. The molecule has 0 aliphatic heterocycles. The number of hydrogen-bond donors (Lipinski definition) is 1. The molecular formula is C13H12ClNO2. The highest BCUT2D eigenvalue weighted by Crippen LogP contribution is 2.20. The van der Waals surface area contributed by atoms with Crippen LogP contribution >= 0.6 is 11.6 Å². The van der Waals surface area contributed by atoms with Crippen molar-refractivity contribution in [1.82, 2.24) is 4.98 Å². The number of aliphatic hydroxyl groups excluding tert-OH is 1. The molecule has 0 unspecified atom stereocenters. The molecule has 4 heteroatoms. The van der Waals surface area contributed by atoms with E-state index in [0.29, 0.717) is 22.9 Å². The van der Waals surface area contributed by atoms with Crippen LogP contribution in [0.5, 0.6) is 5.75 Å². The van der Waals surface area contributed by atoms with Crippen molar-refractivity contribution in [2.45, 2.75) is 13.2 Å². The highest BCUT2D eigenvalue weighted by molar-refractivity contribution is 6.31. The molecule has 0 atom stereocenters. The summed E-state index contributed by atoms with van der Waals surface area (Å²) in [6.45, 7) is 0.280. The lowest BCUT2D eigenvalue weighted by atomic mass is 10.2. The fraction of sp³-hybridized carbons (Fsp3) is 0.154. The molecule has 17 heavy (non-hydrogen) atoms. The summed E-state index contributed by atoms with van der Waals surface area (Å²) >= 11 is 6.02. The Hall–Kier alpha value is -1.58. The summed E-state index contributed by atoms with van der Waals surface area (Å²) in [6, 6.07) is 9.23. The summed E-state index contributed by atoms with van der Waals surface area (Å²) in [4.78, 5) is 3.92. The Kier molecular flexibility index (Phi) is 3.96. The third-order valence-corrected chi connectivity index (χ3v) is 2.74. The second kappa shape index (κ2) is 5.66. The van der Waals surface area contributed by atoms with Crippen molar-refractivity contribution in [2.24, 2.45) is 0 Å². The van der Waals surface area contributed by atoms with Crippen molar-refractivity contribution in [1.29, 1.82) is 0 Å². The van der Waals surface area contributed by atoms with E-state index in [-0.39, 0.29) is 6.61 Å². The molecule has 0 saturated carbocycles. The van der Waals surface area contributed by atoms with Crippen LogP contribution in [-0.2, 0) is 13.2 Å². The van der Waals surface area contributed by atoms with E-state index in [9.17, 15) is 0 Å². The second-order valence-electron chi connectivity index (χ2n) is 3.52. The molecule has 88 valence electrons. The lowest BCUT2D eigenvalue weighted by Gasteiger charge is -2.10.